The molecule has 15 nitrogen and oxygen atoms in total. The molecule has 1 aromatic heterocycles. The first-order valence-electron chi connectivity index (χ1n) is 16.1. The molecule has 5 aliphatic heterocycles. The quantitative estimate of drug-likeness (QED) is 0.208. The van der Waals surface area contributed by atoms with Gasteiger partial charge in [0.2, 0.25) is 17.6 Å². The number of ether oxygens (including phenoxy) is 4. The number of anilines is 1. The summed E-state index contributed by atoms with van der Waals surface area (Å²) < 4.78 is 25.8. The van der Waals surface area contributed by atoms with Gasteiger partial charge in [0.15, 0.2) is 0 Å². The number of carbonyl (C=O) groups is 2. The minimum atomic E-state index is -1.06. The molecular formula is C32H42N8O7. The number of hydrogen-bond acceptors (Lipinski definition) is 13. The van der Waals surface area contributed by atoms with Crippen LogP contribution in [-0.2, 0) is 27.3 Å². The van der Waals surface area contributed by atoms with Crippen molar-refractivity contribution in [2.24, 2.45) is 11.7 Å². The Morgan fingerprint density at radius 1 is 1.30 bits per heavy atom. The summed E-state index contributed by atoms with van der Waals surface area (Å²) in [6, 6.07) is 1.29. The number of fused-ring (bicyclic) bond motifs is 3. The molecule has 5 aliphatic rings. The minimum absolute atomic E-state index is 0.0349. The van der Waals surface area contributed by atoms with Gasteiger partial charge >= 0.3 is 5.97 Å². The van der Waals surface area contributed by atoms with Crippen molar-refractivity contribution in [3.63, 3.8) is 0 Å². The van der Waals surface area contributed by atoms with Crippen LogP contribution in [0, 0.1) is 5.92 Å². The SMILES string of the molecule is CCOC(=O)C1=CC(=CCn2ccnc2N2CNC3C(=O)NC(N)NC32)c2c(cc3c(c2OC)CC(C(C)(O)C2CCNCC2)O3)O1. The fourth-order valence-corrected chi connectivity index (χ4v) is 7.30. The van der Waals surface area contributed by atoms with E-state index in [0.717, 1.165) is 31.5 Å². The second kappa shape index (κ2) is 12.5. The third-order valence-corrected chi connectivity index (χ3v) is 9.78. The predicted octanol–water partition coefficient (Wildman–Crippen LogP) is -0.108. The maximum absolute atomic E-state index is 12.9. The van der Waals surface area contributed by atoms with Crippen LogP contribution in [0.4, 0.5) is 5.95 Å². The maximum Gasteiger partial charge on any atom is 0.374 e. The molecule has 5 unspecified atom stereocenters. The molecule has 3 fully saturated rings. The molecule has 252 valence electrons. The van der Waals surface area contributed by atoms with Gasteiger partial charge in [-0.15, -0.1) is 0 Å². The van der Waals surface area contributed by atoms with Gasteiger partial charge in [-0.25, -0.2) is 9.78 Å². The van der Waals surface area contributed by atoms with Gasteiger partial charge in [-0.1, -0.05) is 6.08 Å². The Kier molecular flexibility index (Phi) is 8.34. The fraction of sp³-hybridized carbons (Fsp3) is 0.531. The van der Waals surface area contributed by atoms with Crippen molar-refractivity contribution < 1.29 is 33.6 Å². The van der Waals surface area contributed by atoms with Crippen LogP contribution in [0.1, 0.15) is 37.8 Å². The molecule has 7 rings (SSSR count). The lowest BCUT2D eigenvalue weighted by atomic mass is 9.77. The van der Waals surface area contributed by atoms with E-state index in [0.29, 0.717) is 54.0 Å². The van der Waals surface area contributed by atoms with E-state index in [9.17, 15) is 14.7 Å². The van der Waals surface area contributed by atoms with Crippen molar-refractivity contribution in [2.45, 2.75) is 69.9 Å². The third kappa shape index (κ3) is 5.61. The highest BCUT2D eigenvalue weighted by Crippen LogP contribution is 2.51. The zero-order chi connectivity index (χ0) is 32.9. The summed E-state index contributed by atoms with van der Waals surface area (Å²) in [5.74, 6) is 1.50. The Balaban J connectivity index is 1.22. The number of piperidine rings is 1. The first-order chi connectivity index (χ1) is 22.7. The molecule has 5 atom stereocenters. The van der Waals surface area contributed by atoms with Gasteiger partial charge in [-0.3, -0.25) is 21.2 Å². The lowest BCUT2D eigenvalue weighted by molar-refractivity contribution is -0.141. The number of imidazole rings is 1. The van der Waals surface area contributed by atoms with E-state index in [2.05, 4.69) is 26.3 Å². The third-order valence-electron chi connectivity index (χ3n) is 9.78. The van der Waals surface area contributed by atoms with Gasteiger partial charge in [0, 0.05) is 37.0 Å². The van der Waals surface area contributed by atoms with Crippen LogP contribution in [0.2, 0.25) is 0 Å². The number of benzene rings is 1. The summed E-state index contributed by atoms with van der Waals surface area (Å²) in [4.78, 5) is 32.0. The van der Waals surface area contributed by atoms with Crippen LogP contribution in [-0.4, -0.2) is 90.2 Å². The summed E-state index contributed by atoms with van der Waals surface area (Å²) in [6.07, 6.45) is 7.81. The zero-order valence-corrected chi connectivity index (χ0v) is 26.7. The first-order valence-corrected chi connectivity index (χ1v) is 16.1. The number of nitrogens with one attached hydrogen (secondary N) is 4. The van der Waals surface area contributed by atoms with Gasteiger partial charge in [0.1, 0.15) is 47.5 Å². The van der Waals surface area contributed by atoms with Crippen molar-refractivity contribution in [1.29, 1.82) is 0 Å². The highest BCUT2D eigenvalue weighted by Gasteiger charge is 2.47. The van der Waals surface area contributed by atoms with Crippen molar-refractivity contribution >= 4 is 23.4 Å². The Morgan fingerprint density at radius 3 is 2.87 bits per heavy atom. The monoisotopic (exact) mass is 650 g/mol. The molecule has 1 aromatic carbocycles. The number of esters is 1. The molecular weight excluding hydrogens is 608 g/mol. The van der Waals surface area contributed by atoms with Crippen LogP contribution in [0.3, 0.4) is 0 Å². The van der Waals surface area contributed by atoms with E-state index in [1.165, 1.54) is 0 Å². The summed E-state index contributed by atoms with van der Waals surface area (Å²) in [5.41, 5.74) is 7.15. The molecule has 15 heteroatoms. The number of allylic oxidation sites excluding steroid dienone is 3. The second-order valence-electron chi connectivity index (χ2n) is 12.6. The Morgan fingerprint density at radius 2 is 2.11 bits per heavy atom. The van der Waals surface area contributed by atoms with E-state index >= 15 is 0 Å². The number of rotatable bonds is 8. The van der Waals surface area contributed by atoms with Gasteiger partial charge in [-0.05, 0) is 57.3 Å². The number of amides is 1. The molecule has 1 amide bonds. The predicted molar refractivity (Wildman–Crippen MR) is 170 cm³/mol. The lowest BCUT2D eigenvalue weighted by Crippen LogP contribution is -2.70. The number of carbonyl (C=O) groups excluding carboxylic acids is 2. The van der Waals surface area contributed by atoms with Crippen LogP contribution >= 0.6 is 0 Å². The molecule has 47 heavy (non-hydrogen) atoms. The van der Waals surface area contributed by atoms with Gasteiger partial charge in [0.05, 0.1) is 25.9 Å². The van der Waals surface area contributed by atoms with E-state index in [-0.39, 0.29) is 30.4 Å². The number of aromatic nitrogens is 2. The van der Waals surface area contributed by atoms with Gasteiger partial charge in [-0.2, -0.15) is 0 Å². The molecule has 0 bridgehead atoms. The zero-order valence-electron chi connectivity index (χ0n) is 26.7. The van der Waals surface area contributed by atoms with E-state index in [4.69, 9.17) is 24.7 Å². The van der Waals surface area contributed by atoms with Crippen LogP contribution in [0.5, 0.6) is 17.2 Å². The van der Waals surface area contributed by atoms with Crippen molar-refractivity contribution in [3.8, 4) is 17.2 Å². The average Bonchev–Trinajstić information content (AvgIpc) is 3.81. The molecule has 0 radical (unpaired) electrons. The largest absolute Gasteiger partial charge is 0.496 e. The number of aliphatic hydroxyl groups is 1. The Labute approximate surface area is 272 Å². The summed E-state index contributed by atoms with van der Waals surface area (Å²) in [6.45, 7) is 6.26. The molecule has 7 N–H and O–H groups in total. The standard InChI is InChI=1S/C32H42N8O7/c1-4-45-29(42)22-13-17(7-11-39-12-10-35-31(39)40-16-36-25-27(40)37-30(33)38-28(25)41)24-21(46-22)15-20-19(26(24)44-3)14-23(47-20)32(2,43)18-5-8-34-9-6-18/h7,10,12-13,15,18,23,25,27,30,34,36-37,43H,4-6,8-9,11,14,16,33H2,1-3H3,(H,38,41). The first kappa shape index (κ1) is 31.4. The minimum Gasteiger partial charge on any atom is -0.496 e. The lowest BCUT2D eigenvalue weighted by Gasteiger charge is -2.39. The molecule has 0 saturated carbocycles. The molecule has 2 aromatic rings. The molecule has 3 saturated heterocycles. The van der Waals surface area contributed by atoms with Crippen molar-refractivity contribution in [2.75, 3.05) is 38.4 Å². The fourth-order valence-electron chi connectivity index (χ4n) is 7.30. The molecule has 6 heterocycles. The van der Waals surface area contributed by atoms with Gasteiger partial charge in [0.25, 0.3) is 0 Å². The maximum atomic E-state index is 12.9. The van der Waals surface area contributed by atoms with E-state index in [1.54, 1.807) is 32.4 Å². The van der Waals surface area contributed by atoms with Gasteiger partial charge < -0.3 is 44.2 Å². The summed E-state index contributed by atoms with van der Waals surface area (Å²) >= 11 is 0. The van der Waals surface area contributed by atoms with Crippen molar-refractivity contribution in [3.05, 3.63) is 47.5 Å². The Hall–Kier alpha value is -4.15. The molecule has 0 aliphatic carbocycles. The highest BCUT2D eigenvalue weighted by atomic mass is 16.6. The van der Waals surface area contributed by atoms with Crippen LogP contribution in [0.15, 0.2) is 36.4 Å². The topological polar surface area (TPSA) is 186 Å². The Bertz CT molecular complexity index is 1610. The van der Waals surface area contributed by atoms with E-state index < -0.39 is 30.0 Å². The highest BCUT2D eigenvalue weighted by molar-refractivity contribution is 5.96. The number of methoxy groups -OCH3 is 1. The van der Waals surface area contributed by atoms with Crippen molar-refractivity contribution in [1.82, 2.24) is 30.8 Å². The second-order valence-corrected chi connectivity index (χ2v) is 12.6. The number of hydrogen-bond donors (Lipinski definition) is 6. The normalized spacial score (nSPS) is 27.5. The summed E-state index contributed by atoms with van der Waals surface area (Å²) in [5, 5.41) is 24.2. The van der Waals surface area contributed by atoms with Crippen LogP contribution < -0.4 is 46.1 Å². The number of nitrogens with two attached hydrogens (primary N) is 1. The summed E-state index contributed by atoms with van der Waals surface area (Å²) in [7, 11) is 1.60. The smallest absolute Gasteiger partial charge is 0.374 e. The number of nitrogens with zero attached hydrogens (tertiary/aromatic N) is 3. The van der Waals surface area contributed by atoms with Crippen LogP contribution in [0.25, 0.3) is 5.57 Å². The van der Waals surface area contributed by atoms with E-state index in [1.807, 2.05) is 28.7 Å². The average molecular weight is 651 g/mol. The molecule has 0 spiro atoms.